The number of nitrogens with one attached hydrogen (secondary N) is 1. The van der Waals surface area contributed by atoms with Crippen molar-refractivity contribution in [3.05, 3.63) is 47.9 Å². The van der Waals surface area contributed by atoms with Crippen LogP contribution in [0.4, 0.5) is 10.7 Å². The predicted molar refractivity (Wildman–Crippen MR) is 74.1 cm³/mol. The highest BCUT2D eigenvalue weighted by atomic mass is 32.1. The normalized spacial score (nSPS) is 10.5. The number of hydrogen-bond acceptors (Lipinski definition) is 5. The smallest absolute Gasteiger partial charge is 0.357 e. The van der Waals surface area contributed by atoms with E-state index in [0.717, 1.165) is 16.5 Å². The van der Waals surface area contributed by atoms with Crippen LogP contribution in [0.3, 0.4) is 0 Å². The van der Waals surface area contributed by atoms with Crippen LogP contribution in [0.1, 0.15) is 10.5 Å². The van der Waals surface area contributed by atoms with Crippen molar-refractivity contribution >= 4 is 38.8 Å². The summed E-state index contributed by atoms with van der Waals surface area (Å²) in [6, 6.07) is 7.68. The molecule has 0 spiro atoms. The second-order valence-corrected chi connectivity index (χ2v) is 4.72. The third-order valence-corrected chi connectivity index (χ3v) is 3.44. The summed E-state index contributed by atoms with van der Waals surface area (Å²) < 4.78 is 0. The van der Waals surface area contributed by atoms with Crippen molar-refractivity contribution in [1.29, 1.82) is 0 Å². The molecule has 94 valence electrons. The lowest BCUT2D eigenvalue weighted by molar-refractivity contribution is 0.0692. The van der Waals surface area contributed by atoms with E-state index in [-0.39, 0.29) is 5.69 Å². The first-order valence-electron chi connectivity index (χ1n) is 5.52. The van der Waals surface area contributed by atoms with Crippen LogP contribution in [-0.2, 0) is 0 Å². The minimum Gasteiger partial charge on any atom is -0.476 e. The Bertz CT molecular complexity index is 749. The summed E-state index contributed by atoms with van der Waals surface area (Å²) in [5.41, 5.74) is 2.36. The quantitative estimate of drug-likeness (QED) is 0.765. The minimum atomic E-state index is -1.04. The van der Waals surface area contributed by atoms with Crippen LogP contribution in [0.5, 0.6) is 0 Å². The van der Waals surface area contributed by atoms with Crippen molar-refractivity contribution in [3.8, 4) is 0 Å². The van der Waals surface area contributed by atoms with Gasteiger partial charge < -0.3 is 10.4 Å². The number of hydrogen-bond donors (Lipinski definition) is 2. The standard InChI is InChI=1S/C13H9N3O2S/c17-13(18)11-12(19-7-15-11)16-10-3-1-2-8-4-5-14-6-9(8)10/h1-7,16H,(H,17,18). The van der Waals surface area contributed by atoms with E-state index in [0.29, 0.717) is 5.00 Å². The summed E-state index contributed by atoms with van der Waals surface area (Å²) in [5, 5.41) is 14.6. The zero-order valence-electron chi connectivity index (χ0n) is 9.70. The van der Waals surface area contributed by atoms with Gasteiger partial charge in [-0.1, -0.05) is 12.1 Å². The molecule has 0 saturated heterocycles. The molecule has 2 N–H and O–H groups in total. The fourth-order valence-corrected chi connectivity index (χ4v) is 2.52. The van der Waals surface area contributed by atoms with E-state index < -0.39 is 5.97 Å². The molecule has 0 bridgehead atoms. The maximum atomic E-state index is 11.0. The van der Waals surface area contributed by atoms with E-state index in [9.17, 15) is 4.79 Å². The van der Waals surface area contributed by atoms with Crippen molar-refractivity contribution in [1.82, 2.24) is 9.97 Å². The van der Waals surface area contributed by atoms with Crippen molar-refractivity contribution in [2.75, 3.05) is 5.32 Å². The highest BCUT2D eigenvalue weighted by molar-refractivity contribution is 7.14. The molecule has 3 rings (SSSR count). The van der Waals surface area contributed by atoms with Gasteiger partial charge in [0.1, 0.15) is 5.00 Å². The molecular formula is C13H9N3O2S. The molecule has 0 saturated carbocycles. The minimum absolute atomic E-state index is 0.0332. The number of fused-ring (bicyclic) bond motifs is 1. The first-order valence-corrected chi connectivity index (χ1v) is 6.40. The van der Waals surface area contributed by atoms with E-state index in [1.807, 2.05) is 24.3 Å². The number of nitrogens with zero attached hydrogens (tertiary/aromatic N) is 2. The summed E-state index contributed by atoms with van der Waals surface area (Å²) in [7, 11) is 0. The Balaban J connectivity index is 2.06. The Kier molecular flexibility index (Phi) is 2.85. The van der Waals surface area contributed by atoms with Gasteiger partial charge in [0, 0.05) is 23.5 Å². The van der Waals surface area contributed by atoms with Gasteiger partial charge in [-0.2, -0.15) is 0 Å². The number of rotatable bonds is 3. The first kappa shape index (κ1) is 11.6. The Morgan fingerprint density at radius 2 is 2.21 bits per heavy atom. The second-order valence-electron chi connectivity index (χ2n) is 3.86. The van der Waals surface area contributed by atoms with Gasteiger partial charge in [0.2, 0.25) is 0 Å². The third-order valence-electron chi connectivity index (χ3n) is 2.70. The molecule has 0 fully saturated rings. The monoisotopic (exact) mass is 271 g/mol. The average Bonchev–Trinajstić information content (AvgIpc) is 2.87. The summed E-state index contributed by atoms with van der Waals surface area (Å²) in [6.07, 6.45) is 3.47. The van der Waals surface area contributed by atoms with Crippen molar-refractivity contribution in [2.45, 2.75) is 0 Å². The average molecular weight is 271 g/mol. The Hall–Kier alpha value is -2.47. The maximum Gasteiger partial charge on any atom is 0.357 e. The number of carboxylic acid groups (broad SMARTS) is 1. The van der Waals surface area contributed by atoms with Gasteiger partial charge in [-0.15, -0.1) is 11.3 Å². The molecular weight excluding hydrogens is 262 g/mol. The van der Waals surface area contributed by atoms with Gasteiger partial charge in [-0.05, 0) is 17.5 Å². The molecule has 6 heteroatoms. The topological polar surface area (TPSA) is 75.1 Å². The van der Waals surface area contributed by atoms with E-state index >= 15 is 0 Å². The van der Waals surface area contributed by atoms with Crippen LogP contribution in [0.2, 0.25) is 0 Å². The molecule has 0 aliphatic carbocycles. The number of benzene rings is 1. The second kappa shape index (κ2) is 4.66. The lowest BCUT2D eigenvalue weighted by Gasteiger charge is -2.07. The fraction of sp³-hybridized carbons (Fsp3) is 0. The van der Waals surface area contributed by atoms with E-state index in [4.69, 9.17) is 5.11 Å². The molecule has 0 atom stereocenters. The SMILES string of the molecule is O=C(O)c1ncsc1Nc1cccc2ccncc12. The van der Waals surface area contributed by atoms with Crippen LogP contribution in [0.25, 0.3) is 10.8 Å². The van der Waals surface area contributed by atoms with Crippen LogP contribution in [0, 0.1) is 0 Å². The summed E-state index contributed by atoms with van der Waals surface area (Å²) >= 11 is 1.26. The largest absolute Gasteiger partial charge is 0.476 e. The van der Waals surface area contributed by atoms with E-state index in [1.54, 1.807) is 12.4 Å². The van der Waals surface area contributed by atoms with Crippen molar-refractivity contribution < 1.29 is 9.90 Å². The molecule has 2 heterocycles. The lowest BCUT2D eigenvalue weighted by Crippen LogP contribution is -2.01. The molecule has 5 nitrogen and oxygen atoms in total. The molecule has 1 aromatic carbocycles. The number of pyridine rings is 1. The summed E-state index contributed by atoms with van der Waals surface area (Å²) in [4.78, 5) is 19.0. The number of thiazole rings is 1. The van der Waals surface area contributed by atoms with Crippen LogP contribution < -0.4 is 5.32 Å². The highest BCUT2D eigenvalue weighted by Gasteiger charge is 2.14. The molecule has 19 heavy (non-hydrogen) atoms. The van der Waals surface area contributed by atoms with E-state index in [2.05, 4.69) is 15.3 Å². The highest BCUT2D eigenvalue weighted by Crippen LogP contribution is 2.29. The van der Waals surface area contributed by atoms with E-state index in [1.165, 1.54) is 16.8 Å². The number of carboxylic acids is 1. The molecule has 0 aliphatic heterocycles. The number of carbonyl (C=O) groups is 1. The van der Waals surface area contributed by atoms with Gasteiger partial charge in [-0.25, -0.2) is 9.78 Å². The van der Waals surface area contributed by atoms with Crippen LogP contribution in [0.15, 0.2) is 42.2 Å². The Morgan fingerprint density at radius 1 is 1.32 bits per heavy atom. The third kappa shape index (κ3) is 2.13. The number of anilines is 2. The van der Waals surface area contributed by atoms with Gasteiger partial charge in [-0.3, -0.25) is 4.98 Å². The molecule has 3 aromatic rings. The molecule has 0 unspecified atom stereocenters. The molecule has 2 aromatic heterocycles. The number of aromatic nitrogens is 2. The zero-order chi connectivity index (χ0) is 13.2. The zero-order valence-corrected chi connectivity index (χ0v) is 10.5. The Morgan fingerprint density at radius 3 is 3.05 bits per heavy atom. The van der Waals surface area contributed by atoms with Crippen molar-refractivity contribution in [2.24, 2.45) is 0 Å². The van der Waals surface area contributed by atoms with Crippen molar-refractivity contribution in [3.63, 3.8) is 0 Å². The molecule has 0 aliphatic rings. The predicted octanol–water partition coefficient (Wildman–Crippen LogP) is 3.13. The van der Waals surface area contributed by atoms with Gasteiger partial charge in [0.25, 0.3) is 0 Å². The summed E-state index contributed by atoms with van der Waals surface area (Å²) in [6.45, 7) is 0. The van der Waals surface area contributed by atoms with Crippen LogP contribution >= 0.6 is 11.3 Å². The molecule has 0 amide bonds. The Labute approximate surface area is 112 Å². The molecule has 0 radical (unpaired) electrons. The first-order chi connectivity index (χ1) is 9.25. The van der Waals surface area contributed by atoms with Crippen LogP contribution in [-0.4, -0.2) is 21.0 Å². The maximum absolute atomic E-state index is 11.0. The van der Waals surface area contributed by atoms with Gasteiger partial charge in [0.05, 0.1) is 5.51 Å². The fourth-order valence-electron chi connectivity index (χ4n) is 1.83. The van der Waals surface area contributed by atoms with Gasteiger partial charge >= 0.3 is 5.97 Å². The van der Waals surface area contributed by atoms with Gasteiger partial charge in [0.15, 0.2) is 5.69 Å². The lowest BCUT2D eigenvalue weighted by atomic mass is 10.1. The summed E-state index contributed by atoms with van der Waals surface area (Å²) in [5.74, 6) is -1.04. The number of aromatic carboxylic acids is 1.